The van der Waals surface area contributed by atoms with E-state index < -0.39 is 0 Å². The zero-order valence-corrected chi connectivity index (χ0v) is 13.7. The molecule has 2 aromatic rings. The van der Waals surface area contributed by atoms with Crippen molar-refractivity contribution in [3.8, 4) is 11.5 Å². The van der Waals surface area contributed by atoms with Crippen LogP contribution in [-0.4, -0.2) is 19.6 Å². The molecule has 0 saturated carbocycles. The second kappa shape index (κ2) is 8.83. The second-order valence-corrected chi connectivity index (χ2v) is 5.17. The van der Waals surface area contributed by atoms with Gasteiger partial charge in [0.25, 0.3) is 0 Å². The molecule has 4 nitrogen and oxygen atoms in total. The van der Waals surface area contributed by atoms with Crippen LogP contribution in [0.3, 0.4) is 0 Å². The smallest absolute Gasteiger partial charge is 0.220 e. The molecule has 1 N–H and O–H groups in total. The number of para-hydroxylation sites is 1. The number of carbonyl (C=O) groups is 1. The number of methoxy groups -OCH3 is 1. The molecule has 2 aromatic carbocycles. The highest BCUT2D eigenvalue weighted by atomic mass is 16.5. The number of carbonyl (C=O) groups excluding carboxylic acids is 1. The Balaban J connectivity index is 1.83. The predicted octanol–water partition coefficient (Wildman–Crippen LogP) is 3.34. The van der Waals surface area contributed by atoms with E-state index in [4.69, 9.17) is 9.47 Å². The fourth-order valence-corrected chi connectivity index (χ4v) is 2.33. The highest BCUT2D eigenvalue weighted by Crippen LogP contribution is 2.19. The van der Waals surface area contributed by atoms with Gasteiger partial charge >= 0.3 is 0 Å². The summed E-state index contributed by atoms with van der Waals surface area (Å²) in [5.41, 5.74) is 2.08. The van der Waals surface area contributed by atoms with Crippen LogP contribution in [0.2, 0.25) is 0 Å². The lowest BCUT2D eigenvalue weighted by Crippen LogP contribution is -2.23. The summed E-state index contributed by atoms with van der Waals surface area (Å²) in [6.45, 7) is 3.08. The Bertz CT molecular complexity index is 640. The lowest BCUT2D eigenvalue weighted by atomic mass is 10.1. The van der Waals surface area contributed by atoms with Crippen LogP contribution in [0.1, 0.15) is 24.5 Å². The van der Waals surface area contributed by atoms with Crippen LogP contribution in [-0.2, 0) is 17.8 Å². The maximum absolute atomic E-state index is 12.0. The molecule has 2 rings (SSSR count). The van der Waals surface area contributed by atoms with Gasteiger partial charge in [0.15, 0.2) is 0 Å². The van der Waals surface area contributed by atoms with Gasteiger partial charge in [-0.05, 0) is 42.7 Å². The SMILES string of the molecule is CCOc1ccccc1CCC(=O)NCc1cccc(OC)c1. The third-order valence-corrected chi connectivity index (χ3v) is 3.52. The molecule has 0 aliphatic carbocycles. The summed E-state index contributed by atoms with van der Waals surface area (Å²) in [4.78, 5) is 12.0. The van der Waals surface area contributed by atoms with E-state index in [0.717, 1.165) is 22.6 Å². The number of aryl methyl sites for hydroxylation is 1. The zero-order valence-electron chi connectivity index (χ0n) is 13.7. The van der Waals surface area contributed by atoms with E-state index in [2.05, 4.69) is 5.32 Å². The van der Waals surface area contributed by atoms with Gasteiger partial charge in [-0.1, -0.05) is 30.3 Å². The van der Waals surface area contributed by atoms with Gasteiger partial charge in [0.05, 0.1) is 13.7 Å². The van der Waals surface area contributed by atoms with E-state index in [0.29, 0.717) is 26.0 Å². The van der Waals surface area contributed by atoms with E-state index in [1.165, 1.54) is 0 Å². The molecule has 122 valence electrons. The molecule has 0 unspecified atom stereocenters. The van der Waals surface area contributed by atoms with Gasteiger partial charge in [-0.15, -0.1) is 0 Å². The van der Waals surface area contributed by atoms with Crippen LogP contribution >= 0.6 is 0 Å². The molecule has 0 bridgehead atoms. The third kappa shape index (κ3) is 5.33. The van der Waals surface area contributed by atoms with Gasteiger partial charge in [-0.3, -0.25) is 4.79 Å². The zero-order chi connectivity index (χ0) is 16.5. The molecule has 0 spiro atoms. The Morgan fingerprint density at radius 2 is 1.96 bits per heavy atom. The molecule has 0 atom stereocenters. The number of benzene rings is 2. The molecule has 0 aliphatic rings. The number of amides is 1. The van der Waals surface area contributed by atoms with E-state index in [1.54, 1.807) is 7.11 Å². The van der Waals surface area contributed by atoms with Gasteiger partial charge in [0.2, 0.25) is 5.91 Å². The minimum atomic E-state index is 0.0270. The van der Waals surface area contributed by atoms with E-state index in [9.17, 15) is 4.79 Å². The Morgan fingerprint density at radius 1 is 1.13 bits per heavy atom. The molecule has 0 saturated heterocycles. The van der Waals surface area contributed by atoms with E-state index >= 15 is 0 Å². The topological polar surface area (TPSA) is 47.6 Å². The molecule has 4 heteroatoms. The van der Waals surface area contributed by atoms with Gasteiger partial charge in [0.1, 0.15) is 11.5 Å². The van der Waals surface area contributed by atoms with Crippen molar-refractivity contribution in [2.45, 2.75) is 26.3 Å². The van der Waals surface area contributed by atoms with E-state index in [-0.39, 0.29) is 5.91 Å². The summed E-state index contributed by atoms with van der Waals surface area (Å²) in [6.07, 6.45) is 1.11. The Kier molecular flexibility index (Phi) is 6.48. The lowest BCUT2D eigenvalue weighted by molar-refractivity contribution is -0.121. The molecule has 0 fully saturated rings. The molecule has 0 aromatic heterocycles. The van der Waals surface area contributed by atoms with Crippen molar-refractivity contribution in [2.24, 2.45) is 0 Å². The van der Waals surface area contributed by atoms with Crippen molar-refractivity contribution < 1.29 is 14.3 Å². The summed E-state index contributed by atoms with van der Waals surface area (Å²) < 4.78 is 10.8. The number of hydrogen-bond donors (Lipinski definition) is 1. The van der Waals surface area contributed by atoms with Crippen molar-refractivity contribution >= 4 is 5.91 Å². The predicted molar refractivity (Wildman–Crippen MR) is 90.8 cm³/mol. The van der Waals surface area contributed by atoms with Crippen LogP contribution in [0.25, 0.3) is 0 Å². The Labute approximate surface area is 137 Å². The van der Waals surface area contributed by atoms with Crippen molar-refractivity contribution in [1.29, 1.82) is 0 Å². The fraction of sp³-hybridized carbons (Fsp3) is 0.316. The first-order valence-corrected chi connectivity index (χ1v) is 7.83. The Hall–Kier alpha value is -2.49. The first-order chi connectivity index (χ1) is 11.2. The maximum atomic E-state index is 12.0. The van der Waals surface area contributed by atoms with Gasteiger partial charge in [0, 0.05) is 13.0 Å². The summed E-state index contributed by atoms with van der Waals surface area (Å²) in [5, 5.41) is 2.94. The summed E-state index contributed by atoms with van der Waals surface area (Å²) in [7, 11) is 1.63. The van der Waals surface area contributed by atoms with Crippen LogP contribution in [0.4, 0.5) is 0 Å². The number of ether oxygens (including phenoxy) is 2. The molecular formula is C19H23NO3. The molecular weight excluding hydrogens is 290 g/mol. The number of hydrogen-bond acceptors (Lipinski definition) is 3. The van der Waals surface area contributed by atoms with Gasteiger partial charge in [-0.25, -0.2) is 0 Å². The van der Waals surface area contributed by atoms with Crippen LogP contribution in [0.15, 0.2) is 48.5 Å². The quantitative estimate of drug-likeness (QED) is 0.813. The fourth-order valence-electron chi connectivity index (χ4n) is 2.33. The molecule has 0 heterocycles. The van der Waals surface area contributed by atoms with Crippen molar-refractivity contribution in [3.05, 3.63) is 59.7 Å². The highest BCUT2D eigenvalue weighted by molar-refractivity contribution is 5.76. The molecule has 0 aliphatic heterocycles. The Morgan fingerprint density at radius 3 is 2.74 bits per heavy atom. The van der Waals surface area contributed by atoms with Gasteiger partial charge in [-0.2, -0.15) is 0 Å². The number of rotatable bonds is 8. The maximum Gasteiger partial charge on any atom is 0.220 e. The summed E-state index contributed by atoms with van der Waals surface area (Å²) >= 11 is 0. The largest absolute Gasteiger partial charge is 0.497 e. The third-order valence-electron chi connectivity index (χ3n) is 3.52. The number of nitrogens with one attached hydrogen (secondary N) is 1. The van der Waals surface area contributed by atoms with Crippen molar-refractivity contribution in [2.75, 3.05) is 13.7 Å². The monoisotopic (exact) mass is 313 g/mol. The summed E-state index contributed by atoms with van der Waals surface area (Å²) in [5.74, 6) is 1.68. The lowest BCUT2D eigenvalue weighted by Gasteiger charge is -2.10. The van der Waals surface area contributed by atoms with Gasteiger partial charge < -0.3 is 14.8 Å². The first-order valence-electron chi connectivity index (χ1n) is 7.83. The second-order valence-electron chi connectivity index (χ2n) is 5.17. The minimum Gasteiger partial charge on any atom is -0.497 e. The molecule has 1 amide bonds. The highest BCUT2D eigenvalue weighted by Gasteiger charge is 2.07. The van der Waals surface area contributed by atoms with Crippen molar-refractivity contribution in [3.63, 3.8) is 0 Å². The standard InChI is InChI=1S/C19H23NO3/c1-3-23-18-10-5-4-8-16(18)11-12-19(21)20-14-15-7-6-9-17(13-15)22-2/h4-10,13H,3,11-12,14H2,1-2H3,(H,20,21). The average Bonchev–Trinajstić information content (AvgIpc) is 2.59. The molecule has 23 heavy (non-hydrogen) atoms. The minimum absolute atomic E-state index is 0.0270. The van der Waals surface area contributed by atoms with Crippen molar-refractivity contribution in [1.82, 2.24) is 5.32 Å². The van der Waals surface area contributed by atoms with Crippen LogP contribution in [0.5, 0.6) is 11.5 Å². The van der Waals surface area contributed by atoms with Crippen LogP contribution < -0.4 is 14.8 Å². The molecule has 0 radical (unpaired) electrons. The summed E-state index contributed by atoms with van der Waals surface area (Å²) in [6, 6.07) is 15.5. The average molecular weight is 313 g/mol. The van der Waals surface area contributed by atoms with E-state index in [1.807, 2.05) is 55.5 Å². The first kappa shape index (κ1) is 16.9. The normalized spacial score (nSPS) is 10.2. The van der Waals surface area contributed by atoms with Crippen LogP contribution in [0, 0.1) is 0 Å².